The maximum absolute atomic E-state index is 10.5. The van der Waals surface area contributed by atoms with Gasteiger partial charge in [0.15, 0.2) is 0 Å². The summed E-state index contributed by atoms with van der Waals surface area (Å²) in [5.74, 6) is 0. The van der Waals surface area contributed by atoms with Crippen LogP contribution in [0.15, 0.2) is 0 Å². The molecular formula is C13H23ClN2O. The standard InChI is InChI=1S/C13H23ClN2O/c1-5-8-13(17,6-2)9-11-12(14)10(4)15-16(11)7-3/h17H,5-9H2,1-4H3. The zero-order valence-electron chi connectivity index (χ0n) is 11.3. The number of rotatable bonds is 6. The maximum Gasteiger partial charge on any atom is 0.0848 e. The summed E-state index contributed by atoms with van der Waals surface area (Å²) in [6.07, 6.45) is 3.10. The fourth-order valence-electron chi connectivity index (χ4n) is 2.21. The molecule has 1 aromatic rings. The Morgan fingerprint density at radius 2 is 2.00 bits per heavy atom. The molecule has 17 heavy (non-hydrogen) atoms. The second-order valence-electron chi connectivity index (χ2n) is 4.67. The van der Waals surface area contributed by atoms with E-state index in [1.807, 2.05) is 25.5 Å². The van der Waals surface area contributed by atoms with Crippen LogP contribution in [0.3, 0.4) is 0 Å². The van der Waals surface area contributed by atoms with Crippen LogP contribution in [0.1, 0.15) is 51.4 Å². The lowest BCUT2D eigenvalue weighted by atomic mass is 9.89. The highest BCUT2D eigenvalue weighted by Gasteiger charge is 2.27. The van der Waals surface area contributed by atoms with Crippen molar-refractivity contribution in [2.24, 2.45) is 0 Å². The van der Waals surface area contributed by atoms with Gasteiger partial charge >= 0.3 is 0 Å². The SMILES string of the molecule is CCCC(O)(CC)Cc1c(Cl)c(C)nn1CC. The molecule has 1 N–H and O–H groups in total. The molecule has 0 amide bonds. The topological polar surface area (TPSA) is 38.1 Å². The molecule has 0 aliphatic carbocycles. The number of hydrogen-bond donors (Lipinski definition) is 1. The maximum atomic E-state index is 10.5. The van der Waals surface area contributed by atoms with Crippen LogP contribution in [0.2, 0.25) is 5.02 Å². The Morgan fingerprint density at radius 1 is 1.35 bits per heavy atom. The summed E-state index contributed by atoms with van der Waals surface area (Å²) in [6, 6.07) is 0. The van der Waals surface area contributed by atoms with Crippen LogP contribution in [0, 0.1) is 6.92 Å². The first-order valence-corrected chi connectivity index (χ1v) is 6.79. The first-order valence-electron chi connectivity index (χ1n) is 6.41. The Kier molecular flexibility index (Phi) is 5.02. The van der Waals surface area contributed by atoms with Crippen molar-refractivity contribution in [3.05, 3.63) is 16.4 Å². The van der Waals surface area contributed by atoms with E-state index in [4.69, 9.17) is 11.6 Å². The number of aliphatic hydroxyl groups is 1. The number of nitrogens with zero attached hydrogens (tertiary/aromatic N) is 2. The molecule has 4 heteroatoms. The van der Waals surface area contributed by atoms with E-state index in [1.165, 1.54) is 0 Å². The minimum absolute atomic E-state index is 0.588. The van der Waals surface area contributed by atoms with E-state index in [1.54, 1.807) is 0 Å². The van der Waals surface area contributed by atoms with Crippen molar-refractivity contribution in [3.63, 3.8) is 0 Å². The molecule has 0 bridgehead atoms. The van der Waals surface area contributed by atoms with E-state index in [9.17, 15) is 5.11 Å². The van der Waals surface area contributed by atoms with Gasteiger partial charge in [-0.1, -0.05) is 31.9 Å². The Bertz CT molecular complexity index is 376. The minimum atomic E-state index is -0.655. The molecule has 98 valence electrons. The van der Waals surface area contributed by atoms with Gasteiger partial charge in [-0.25, -0.2) is 0 Å². The normalized spacial score (nSPS) is 14.9. The molecule has 1 heterocycles. The highest BCUT2D eigenvalue weighted by atomic mass is 35.5. The largest absolute Gasteiger partial charge is 0.389 e. The van der Waals surface area contributed by atoms with Crippen LogP contribution >= 0.6 is 11.6 Å². The Hall–Kier alpha value is -0.540. The number of aromatic nitrogens is 2. The summed E-state index contributed by atoms with van der Waals surface area (Å²) >= 11 is 6.26. The third-order valence-electron chi connectivity index (χ3n) is 3.32. The molecule has 0 saturated carbocycles. The van der Waals surface area contributed by atoms with E-state index < -0.39 is 5.60 Å². The third kappa shape index (κ3) is 3.23. The van der Waals surface area contributed by atoms with Gasteiger partial charge in [-0.3, -0.25) is 4.68 Å². The van der Waals surface area contributed by atoms with Crippen LogP contribution in [0.5, 0.6) is 0 Å². The lowest BCUT2D eigenvalue weighted by molar-refractivity contribution is 0.0252. The van der Waals surface area contributed by atoms with E-state index >= 15 is 0 Å². The van der Waals surface area contributed by atoms with Gasteiger partial charge in [0.25, 0.3) is 0 Å². The summed E-state index contributed by atoms with van der Waals surface area (Å²) in [5.41, 5.74) is 1.15. The van der Waals surface area contributed by atoms with Crippen molar-refractivity contribution in [1.82, 2.24) is 9.78 Å². The summed E-state index contributed by atoms with van der Waals surface area (Å²) in [5, 5.41) is 15.6. The molecule has 1 rings (SSSR count). The average molecular weight is 259 g/mol. The van der Waals surface area contributed by atoms with Gasteiger partial charge in [0, 0.05) is 13.0 Å². The van der Waals surface area contributed by atoms with E-state index in [0.717, 1.165) is 37.2 Å². The highest BCUT2D eigenvalue weighted by molar-refractivity contribution is 6.31. The zero-order chi connectivity index (χ0) is 13.1. The smallest absolute Gasteiger partial charge is 0.0848 e. The predicted octanol–water partition coefficient (Wildman–Crippen LogP) is 3.35. The van der Waals surface area contributed by atoms with Crippen LogP contribution in [0.25, 0.3) is 0 Å². The molecule has 0 spiro atoms. The molecule has 1 atom stereocenters. The molecule has 0 aliphatic rings. The van der Waals surface area contributed by atoms with E-state index in [-0.39, 0.29) is 0 Å². The summed E-state index contributed by atoms with van der Waals surface area (Å²) in [7, 11) is 0. The van der Waals surface area contributed by atoms with Crippen LogP contribution in [-0.4, -0.2) is 20.5 Å². The molecule has 0 aromatic carbocycles. The molecule has 0 saturated heterocycles. The average Bonchev–Trinajstić information content (AvgIpc) is 2.57. The van der Waals surface area contributed by atoms with Crippen molar-refractivity contribution >= 4 is 11.6 Å². The lowest BCUT2D eigenvalue weighted by Crippen LogP contribution is -2.31. The van der Waals surface area contributed by atoms with Gasteiger partial charge in [0.1, 0.15) is 0 Å². The summed E-state index contributed by atoms with van der Waals surface area (Å²) < 4.78 is 1.90. The molecule has 0 radical (unpaired) electrons. The Morgan fingerprint density at radius 3 is 2.47 bits per heavy atom. The summed E-state index contributed by atoms with van der Waals surface area (Å²) in [4.78, 5) is 0. The number of hydrogen-bond acceptors (Lipinski definition) is 2. The Balaban J connectivity index is 3.00. The first kappa shape index (κ1) is 14.5. The van der Waals surface area contributed by atoms with Crippen molar-refractivity contribution in [2.45, 2.75) is 65.5 Å². The van der Waals surface area contributed by atoms with Gasteiger partial charge in [0.05, 0.1) is 22.0 Å². The first-order chi connectivity index (χ1) is 7.97. The fraction of sp³-hybridized carbons (Fsp3) is 0.769. The van der Waals surface area contributed by atoms with Gasteiger partial charge < -0.3 is 5.11 Å². The monoisotopic (exact) mass is 258 g/mol. The van der Waals surface area contributed by atoms with Crippen LogP contribution < -0.4 is 0 Å². The van der Waals surface area contributed by atoms with Crippen LogP contribution in [0.4, 0.5) is 0 Å². The molecule has 3 nitrogen and oxygen atoms in total. The van der Waals surface area contributed by atoms with Gasteiger partial charge in [0.2, 0.25) is 0 Å². The number of halogens is 1. The minimum Gasteiger partial charge on any atom is -0.389 e. The molecule has 1 unspecified atom stereocenters. The summed E-state index contributed by atoms with van der Waals surface area (Å²) in [6.45, 7) is 8.84. The third-order valence-corrected chi connectivity index (χ3v) is 3.81. The van der Waals surface area contributed by atoms with Gasteiger partial charge in [-0.15, -0.1) is 0 Å². The van der Waals surface area contributed by atoms with E-state index in [0.29, 0.717) is 11.4 Å². The van der Waals surface area contributed by atoms with Crippen molar-refractivity contribution in [1.29, 1.82) is 0 Å². The molecular weight excluding hydrogens is 236 g/mol. The second-order valence-corrected chi connectivity index (χ2v) is 5.04. The van der Waals surface area contributed by atoms with Gasteiger partial charge in [-0.05, 0) is 26.7 Å². The quantitative estimate of drug-likeness (QED) is 0.850. The highest BCUT2D eigenvalue weighted by Crippen LogP contribution is 2.28. The fourth-order valence-corrected chi connectivity index (χ4v) is 2.41. The van der Waals surface area contributed by atoms with E-state index in [2.05, 4.69) is 12.0 Å². The zero-order valence-corrected chi connectivity index (χ0v) is 12.0. The van der Waals surface area contributed by atoms with Crippen molar-refractivity contribution in [2.75, 3.05) is 0 Å². The second kappa shape index (κ2) is 5.87. The Labute approximate surface area is 109 Å². The van der Waals surface area contributed by atoms with Gasteiger partial charge in [-0.2, -0.15) is 5.10 Å². The number of aryl methyl sites for hydroxylation is 2. The molecule has 0 aliphatic heterocycles. The molecule has 0 fully saturated rings. The predicted molar refractivity (Wildman–Crippen MR) is 71.5 cm³/mol. The van der Waals surface area contributed by atoms with Crippen molar-refractivity contribution in [3.8, 4) is 0 Å². The molecule has 1 aromatic heterocycles. The van der Waals surface area contributed by atoms with Crippen molar-refractivity contribution < 1.29 is 5.11 Å². The lowest BCUT2D eigenvalue weighted by Gasteiger charge is -2.26. The van der Waals surface area contributed by atoms with Crippen LogP contribution in [-0.2, 0) is 13.0 Å².